The summed E-state index contributed by atoms with van der Waals surface area (Å²) in [5.41, 5.74) is 7.29. The lowest BCUT2D eigenvalue weighted by molar-refractivity contribution is 0.404. The van der Waals surface area contributed by atoms with Crippen molar-refractivity contribution in [3.63, 3.8) is 0 Å². The van der Waals surface area contributed by atoms with Gasteiger partial charge in [-0.2, -0.15) is 0 Å². The molecule has 0 radical (unpaired) electrons. The topological polar surface area (TPSA) is 81.2 Å². The third-order valence-corrected chi connectivity index (χ3v) is 4.08. The summed E-state index contributed by atoms with van der Waals surface area (Å²) in [5.74, 6) is 1.50. The summed E-state index contributed by atoms with van der Waals surface area (Å²) >= 11 is 1.40. The summed E-state index contributed by atoms with van der Waals surface area (Å²) in [6, 6.07) is 5.55. The van der Waals surface area contributed by atoms with E-state index < -0.39 is 0 Å². The smallest absolute Gasteiger partial charge is 0.135 e. The molecule has 2 rings (SSSR count). The predicted molar refractivity (Wildman–Crippen MR) is 81.0 cm³/mol. The number of methoxy groups -OCH3 is 2. The molecule has 0 aliphatic carbocycles. The van der Waals surface area contributed by atoms with Crippen LogP contribution in [0.5, 0.6) is 11.5 Å². The number of nitrogens with zero attached hydrogens (tertiary/aromatic N) is 1. The fourth-order valence-electron chi connectivity index (χ4n) is 1.90. The van der Waals surface area contributed by atoms with E-state index >= 15 is 0 Å². The number of ether oxygens (including phenoxy) is 2. The first-order chi connectivity index (χ1) is 9.60. The lowest BCUT2D eigenvalue weighted by atomic mass is 10.2. The minimum absolute atomic E-state index is 0.0486. The van der Waals surface area contributed by atoms with Crippen LogP contribution in [-0.4, -0.2) is 25.0 Å². The molecule has 0 aliphatic heterocycles. The lowest BCUT2D eigenvalue weighted by Gasteiger charge is -2.08. The van der Waals surface area contributed by atoms with Crippen LogP contribution in [0.2, 0.25) is 0 Å². The molecular weight excluding hydrogens is 274 g/mol. The predicted octanol–water partition coefficient (Wildman–Crippen LogP) is 2.67. The van der Waals surface area contributed by atoms with Gasteiger partial charge >= 0.3 is 0 Å². The Morgan fingerprint density at radius 3 is 2.60 bits per heavy atom. The highest BCUT2D eigenvalue weighted by Gasteiger charge is 2.17. The third kappa shape index (κ3) is 2.60. The summed E-state index contributed by atoms with van der Waals surface area (Å²) in [6.45, 7) is 1.99. The number of thiazole rings is 1. The van der Waals surface area contributed by atoms with Crippen LogP contribution >= 0.6 is 11.3 Å². The molecule has 1 aromatic heterocycles. The second-order valence-electron chi connectivity index (χ2n) is 4.13. The Morgan fingerprint density at radius 2 is 2.10 bits per heavy atom. The van der Waals surface area contributed by atoms with E-state index in [-0.39, 0.29) is 5.84 Å². The van der Waals surface area contributed by atoms with Crippen LogP contribution in [0.15, 0.2) is 18.2 Å². The van der Waals surface area contributed by atoms with Crippen molar-refractivity contribution in [2.24, 2.45) is 5.73 Å². The van der Waals surface area contributed by atoms with Crippen molar-refractivity contribution in [2.75, 3.05) is 14.2 Å². The van der Waals surface area contributed by atoms with E-state index in [0.29, 0.717) is 4.88 Å². The molecule has 0 fully saturated rings. The molecule has 20 heavy (non-hydrogen) atoms. The average molecular weight is 291 g/mol. The van der Waals surface area contributed by atoms with Crippen molar-refractivity contribution >= 4 is 17.2 Å². The molecule has 2 aromatic rings. The first-order valence-corrected chi connectivity index (χ1v) is 6.98. The van der Waals surface area contributed by atoms with Crippen LogP contribution in [-0.2, 0) is 6.42 Å². The van der Waals surface area contributed by atoms with E-state index in [1.807, 2.05) is 25.1 Å². The Morgan fingerprint density at radius 1 is 1.35 bits per heavy atom. The molecule has 0 amide bonds. The Hall–Kier alpha value is -2.08. The Bertz CT molecular complexity index is 637. The molecule has 0 saturated carbocycles. The van der Waals surface area contributed by atoms with Gasteiger partial charge in [-0.3, -0.25) is 5.41 Å². The summed E-state index contributed by atoms with van der Waals surface area (Å²) < 4.78 is 10.6. The van der Waals surface area contributed by atoms with Crippen LogP contribution < -0.4 is 15.2 Å². The Balaban J connectivity index is 2.58. The highest BCUT2D eigenvalue weighted by molar-refractivity contribution is 7.17. The molecule has 0 aliphatic rings. The summed E-state index contributed by atoms with van der Waals surface area (Å²) in [4.78, 5) is 5.28. The minimum Gasteiger partial charge on any atom is -0.497 e. The zero-order chi connectivity index (χ0) is 14.7. The molecule has 0 spiro atoms. The number of amidine groups is 1. The lowest BCUT2D eigenvalue weighted by Crippen LogP contribution is -2.11. The molecule has 1 heterocycles. The molecule has 0 bridgehead atoms. The van der Waals surface area contributed by atoms with Gasteiger partial charge in [0, 0.05) is 0 Å². The van der Waals surface area contributed by atoms with Gasteiger partial charge in [0.15, 0.2) is 0 Å². The third-order valence-electron chi connectivity index (χ3n) is 2.91. The zero-order valence-electron chi connectivity index (χ0n) is 11.7. The van der Waals surface area contributed by atoms with E-state index in [0.717, 1.165) is 34.2 Å². The van der Waals surface area contributed by atoms with Gasteiger partial charge in [-0.15, -0.1) is 11.3 Å². The highest BCUT2D eigenvalue weighted by Crippen LogP contribution is 2.36. The number of nitrogens with two attached hydrogens (primary N) is 1. The van der Waals surface area contributed by atoms with Crippen LogP contribution in [0.3, 0.4) is 0 Å². The van der Waals surface area contributed by atoms with E-state index in [4.69, 9.17) is 20.6 Å². The number of benzene rings is 1. The van der Waals surface area contributed by atoms with Crippen LogP contribution in [0.1, 0.15) is 17.5 Å². The van der Waals surface area contributed by atoms with Crippen LogP contribution in [0.25, 0.3) is 10.6 Å². The summed E-state index contributed by atoms with van der Waals surface area (Å²) in [6.07, 6.45) is 0.734. The number of nitrogen functional groups attached to an aromatic ring is 1. The Labute approximate surface area is 121 Å². The minimum atomic E-state index is 0.0486. The van der Waals surface area contributed by atoms with Crippen LogP contribution in [0, 0.1) is 5.41 Å². The van der Waals surface area contributed by atoms with E-state index in [1.54, 1.807) is 14.2 Å². The van der Waals surface area contributed by atoms with Crippen molar-refractivity contribution in [1.82, 2.24) is 4.98 Å². The molecule has 0 unspecified atom stereocenters. The van der Waals surface area contributed by atoms with Gasteiger partial charge in [0.25, 0.3) is 0 Å². The first kappa shape index (κ1) is 14.3. The van der Waals surface area contributed by atoms with Gasteiger partial charge in [0.2, 0.25) is 0 Å². The summed E-state index contributed by atoms with van der Waals surface area (Å²) in [5, 5.41) is 8.40. The maximum absolute atomic E-state index is 7.62. The van der Waals surface area contributed by atoms with Gasteiger partial charge < -0.3 is 15.2 Å². The van der Waals surface area contributed by atoms with Gasteiger partial charge in [-0.25, -0.2) is 4.98 Å². The number of aryl methyl sites for hydroxylation is 1. The van der Waals surface area contributed by atoms with E-state index in [9.17, 15) is 0 Å². The molecule has 3 N–H and O–H groups in total. The van der Waals surface area contributed by atoms with Crippen molar-refractivity contribution in [3.05, 3.63) is 28.8 Å². The monoisotopic (exact) mass is 291 g/mol. The van der Waals surface area contributed by atoms with Gasteiger partial charge in [-0.1, -0.05) is 6.92 Å². The van der Waals surface area contributed by atoms with Crippen molar-refractivity contribution in [2.45, 2.75) is 13.3 Å². The highest BCUT2D eigenvalue weighted by atomic mass is 32.1. The number of nitrogens with one attached hydrogen (secondary N) is 1. The maximum Gasteiger partial charge on any atom is 0.135 e. The fourth-order valence-corrected chi connectivity index (χ4v) is 2.93. The van der Waals surface area contributed by atoms with Crippen molar-refractivity contribution < 1.29 is 9.47 Å². The number of rotatable bonds is 5. The number of aromatic nitrogens is 1. The van der Waals surface area contributed by atoms with Crippen molar-refractivity contribution in [3.8, 4) is 22.1 Å². The normalized spacial score (nSPS) is 10.3. The second-order valence-corrected chi connectivity index (χ2v) is 5.13. The molecule has 5 nitrogen and oxygen atoms in total. The molecule has 6 heteroatoms. The standard InChI is InChI=1S/C14H17N3O2S/c1-4-10-12(13(15)16)20-14(17-10)9-7-8(18-2)5-6-11(9)19-3/h5-7H,4H2,1-3H3,(H3,15,16). The largest absolute Gasteiger partial charge is 0.497 e. The zero-order valence-corrected chi connectivity index (χ0v) is 12.5. The van der Waals surface area contributed by atoms with Crippen LogP contribution in [0.4, 0.5) is 0 Å². The quantitative estimate of drug-likeness (QED) is 0.655. The van der Waals surface area contributed by atoms with Gasteiger partial charge in [-0.05, 0) is 24.6 Å². The molecule has 106 valence electrons. The summed E-state index contributed by atoms with van der Waals surface area (Å²) in [7, 11) is 3.23. The number of hydrogen-bond acceptors (Lipinski definition) is 5. The van der Waals surface area contributed by atoms with E-state index in [1.165, 1.54) is 11.3 Å². The van der Waals surface area contributed by atoms with Crippen molar-refractivity contribution in [1.29, 1.82) is 5.41 Å². The molecule has 0 saturated heterocycles. The molecule has 0 atom stereocenters. The molecule has 1 aromatic carbocycles. The van der Waals surface area contributed by atoms with E-state index in [2.05, 4.69) is 4.98 Å². The SMILES string of the molecule is CCc1nc(-c2cc(OC)ccc2OC)sc1C(=N)N. The number of hydrogen-bond donors (Lipinski definition) is 2. The average Bonchev–Trinajstić information content (AvgIpc) is 2.90. The Kier molecular flexibility index (Phi) is 4.24. The maximum atomic E-state index is 7.62. The molecular formula is C14H17N3O2S. The second kappa shape index (κ2) is 5.92. The first-order valence-electron chi connectivity index (χ1n) is 6.17. The van der Waals surface area contributed by atoms with Gasteiger partial charge in [0.1, 0.15) is 22.3 Å². The van der Waals surface area contributed by atoms with Gasteiger partial charge in [0.05, 0.1) is 30.4 Å². The fraction of sp³-hybridized carbons (Fsp3) is 0.286.